The molecule has 0 aromatic heterocycles. The summed E-state index contributed by atoms with van der Waals surface area (Å²) in [5.74, 6) is -1.01. The minimum absolute atomic E-state index is 0.0378. The maximum absolute atomic E-state index is 12.9. The monoisotopic (exact) mass is 480 g/mol. The normalized spacial score (nSPS) is 11.3. The largest absolute Gasteiger partial charge is 0.378 e. The molecule has 2 N–H and O–H groups in total. The van der Waals surface area contributed by atoms with Gasteiger partial charge in [0.15, 0.2) is 0 Å². The summed E-state index contributed by atoms with van der Waals surface area (Å²) in [5.41, 5.74) is 5.17. The molecule has 0 atom stereocenters. The van der Waals surface area contributed by atoms with Crippen molar-refractivity contribution in [1.82, 2.24) is 10.7 Å². The van der Waals surface area contributed by atoms with Gasteiger partial charge in [0, 0.05) is 30.9 Å². The molecule has 0 saturated heterocycles. The molecular weight excluding hydrogens is 459 g/mol. The van der Waals surface area contributed by atoms with Crippen LogP contribution < -0.4 is 15.6 Å². The summed E-state index contributed by atoms with van der Waals surface area (Å²) < 4.78 is 0. The molecule has 168 valence electrons. The van der Waals surface area contributed by atoms with Crippen molar-refractivity contribution >= 4 is 53.0 Å². The zero-order valence-electron chi connectivity index (χ0n) is 18.0. The van der Waals surface area contributed by atoms with Crippen LogP contribution in [0.25, 0.3) is 6.08 Å². The Bertz CT molecular complexity index is 1190. The molecule has 3 rings (SSSR count). The third-order valence-corrected chi connectivity index (χ3v) is 5.43. The Morgan fingerprint density at radius 2 is 1.61 bits per heavy atom. The molecule has 0 aliphatic rings. The van der Waals surface area contributed by atoms with Gasteiger partial charge in [0.25, 0.3) is 11.8 Å². The van der Waals surface area contributed by atoms with E-state index in [2.05, 4.69) is 15.8 Å². The highest BCUT2D eigenvalue weighted by Crippen LogP contribution is 2.24. The number of carbonyl (C=O) groups excluding carboxylic acids is 2. The van der Waals surface area contributed by atoms with Crippen LogP contribution in [0.4, 0.5) is 5.69 Å². The highest BCUT2D eigenvalue weighted by molar-refractivity contribution is 6.43. The maximum Gasteiger partial charge on any atom is 0.287 e. The fourth-order valence-electron chi connectivity index (χ4n) is 2.82. The average Bonchev–Trinajstić information content (AvgIpc) is 2.82. The third-order valence-electron chi connectivity index (χ3n) is 4.60. The minimum Gasteiger partial charge on any atom is -0.378 e. The van der Waals surface area contributed by atoms with Crippen molar-refractivity contribution in [1.29, 1.82) is 0 Å². The van der Waals surface area contributed by atoms with E-state index in [0.29, 0.717) is 21.2 Å². The van der Waals surface area contributed by atoms with E-state index in [9.17, 15) is 9.59 Å². The number of hydrogen-bond acceptors (Lipinski definition) is 4. The van der Waals surface area contributed by atoms with E-state index in [1.807, 2.05) is 49.3 Å². The van der Waals surface area contributed by atoms with Crippen LogP contribution in [-0.4, -0.2) is 32.1 Å². The average molecular weight is 481 g/mol. The fraction of sp³-hybridized carbons (Fsp3) is 0.0800. The van der Waals surface area contributed by atoms with Crippen molar-refractivity contribution in [2.45, 2.75) is 0 Å². The Labute approximate surface area is 202 Å². The molecule has 8 heteroatoms. The zero-order valence-corrected chi connectivity index (χ0v) is 19.6. The predicted octanol–water partition coefficient (Wildman–Crippen LogP) is 4.98. The number of hydrogen-bond donors (Lipinski definition) is 2. The van der Waals surface area contributed by atoms with Crippen molar-refractivity contribution in [2.75, 3.05) is 19.0 Å². The van der Waals surface area contributed by atoms with Gasteiger partial charge in [0.1, 0.15) is 5.70 Å². The van der Waals surface area contributed by atoms with E-state index in [-0.39, 0.29) is 5.70 Å². The number of nitrogens with one attached hydrogen (secondary N) is 2. The summed E-state index contributed by atoms with van der Waals surface area (Å²) in [4.78, 5) is 27.5. The van der Waals surface area contributed by atoms with Gasteiger partial charge in [-0.2, -0.15) is 5.10 Å². The quantitative estimate of drug-likeness (QED) is 0.284. The SMILES string of the molecule is CN(C)c1ccc(/C=C(\NC(=O)c2ccccc2)C(=O)N/N=C\c2cccc(Cl)c2Cl)cc1. The molecule has 0 aliphatic carbocycles. The van der Waals surface area contributed by atoms with Crippen LogP contribution in [0.2, 0.25) is 10.0 Å². The summed E-state index contributed by atoms with van der Waals surface area (Å²) in [5, 5.41) is 7.33. The van der Waals surface area contributed by atoms with Gasteiger partial charge in [-0.3, -0.25) is 9.59 Å². The number of carbonyl (C=O) groups is 2. The molecule has 0 radical (unpaired) electrons. The number of benzene rings is 3. The molecule has 0 unspecified atom stereocenters. The molecule has 0 spiro atoms. The van der Waals surface area contributed by atoms with Crippen molar-refractivity contribution in [3.8, 4) is 0 Å². The lowest BCUT2D eigenvalue weighted by Gasteiger charge is -2.12. The molecule has 6 nitrogen and oxygen atoms in total. The number of halogens is 2. The highest BCUT2D eigenvalue weighted by Gasteiger charge is 2.14. The van der Waals surface area contributed by atoms with Crippen molar-refractivity contribution in [3.63, 3.8) is 0 Å². The van der Waals surface area contributed by atoms with Gasteiger partial charge >= 0.3 is 0 Å². The van der Waals surface area contributed by atoms with Crippen LogP contribution in [0, 0.1) is 0 Å². The first-order valence-electron chi connectivity index (χ1n) is 9.98. The summed E-state index contributed by atoms with van der Waals surface area (Å²) in [6.07, 6.45) is 2.96. The number of rotatable bonds is 7. The predicted molar refractivity (Wildman–Crippen MR) is 135 cm³/mol. The summed E-state index contributed by atoms with van der Waals surface area (Å²) in [6.45, 7) is 0. The Hall–Kier alpha value is -3.61. The molecule has 0 fully saturated rings. The summed E-state index contributed by atoms with van der Waals surface area (Å²) >= 11 is 12.1. The van der Waals surface area contributed by atoms with Gasteiger partial charge in [0.05, 0.1) is 16.3 Å². The summed E-state index contributed by atoms with van der Waals surface area (Å²) in [7, 11) is 3.88. The second-order valence-electron chi connectivity index (χ2n) is 7.21. The molecule has 0 heterocycles. The lowest BCUT2D eigenvalue weighted by Crippen LogP contribution is -2.32. The first-order valence-corrected chi connectivity index (χ1v) is 10.7. The Balaban J connectivity index is 1.83. The van der Waals surface area contributed by atoms with E-state index in [1.165, 1.54) is 6.21 Å². The van der Waals surface area contributed by atoms with Gasteiger partial charge in [-0.15, -0.1) is 0 Å². The van der Waals surface area contributed by atoms with Crippen LogP contribution in [0.1, 0.15) is 21.5 Å². The number of hydrazone groups is 1. The molecular formula is C25H22Cl2N4O2. The molecule has 33 heavy (non-hydrogen) atoms. The maximum atomic E-state index is 12.9. The van der Waals surface area contributed by atoms with Gasteiger partial charge < -0.3 is 10.2 Å². The third kappa shape index (κ3) is 6.68. The lowest BCUT2D eigenvalue weighted by molar-refractivity contribution is -0.117. The molecule has 0 bridgehead atoms. The fourth-order valence-corrected chi connectivity index (χ4v) is 3.18. The van der Waals surface area contributed by atoms with E-state index < -0.39 is 11.8 Å². The van der Waals surface area contributed by atoms with Crippen LogP contribution in [0.3, 0.4) is 0 Å². The molecule has 3 aromatic rings. The Kier molecular flexibility index (Phi) is 8.24. The van der Waals surface area contributed by atoms with Crippen molar-refractivity contribution in [3.05, 3.63) is 105 Å². The van der Waals surface area contributed by atoms with E-state index in [1.54, 1.807) is 48.5 Å². The topological polar surface area (TPSA) is 73.8 Å². The second-order valence-corrected chi connectivity index (χ2v) is 7.99. The van der Waals surface area contributed by atoms with E-state index in [4.69, 9.17) is 23.2 Å². The number of nitrogens with zero attached hydrogens (tertiary/aromatic N) is 2. The van der Waals surface area contributed by atoms with Gasteiger partial charge in [0.2, 0.25) is 0 Å². The van der Waals surface area contributed by atoms with E-state index in [0.717, 1.165) is 11.3 Å². The minimum atomic E-state index is -0.592. The zero-order chi connectivity index (χ0) is 23.8. The summed E-state index contributed by atoms with van der Waals surface area (Å²) in [6, 6.07) is 21.3. The van der Waals surface area contributed by atoms with Crippen LogP contribution in [0.5, 0.6) is 0 Å². The molecule has 0 saturated carbocycles. The van der Waals surface area contributed by atoms with Crippen LogP contribution in [0.15, 0.2) is 83.6 Å². The second kappa shape index (κ2) is 11.3. The molecule has 3 aromatic carbocycles. The van der Waals surface area contributed by atoms with E-state index >= 15 is 0 Å². The highest BCUT2D eigenvalue weighted by atomic mass is 35.5. The number of amides is 2. The van der Waals surface area contributed by atoms with Gasteiger partial charge in [-0.25, -0.2) is 5.43 Å². The van der Waals surface area contributed by atoms with Gasteiger partial charge in [-0.05, 0) is 42.0 Å². The smallest absolute Gasteiger partial charge is 0.287 e. The Morgan fingerprint density at radius 3 is 2.27 bits per heavy atom. The van der Waals surface area contributed by atoms with Gasteiger partial charge in [-0.1, -0.05) is 65.7 Å². The van der Waals surface area contributed by atoms with Crippen molar-refractivity contribution in [2.24, 2.45) is 5.10 Å². The number of anilines is 1. The first-order chi connectivity index (χ1) is 15.8. The van der Waals surface area contributed by atoms with Crippen LogP contribution >= 0.6 is 23.2 Å². The first kappa shape index (κ1) is 24.0. The molecule has 0 aliphatic heterocycles. The Morgan fingerprint density at radius 1 is 0.909 bits per heavy atom. The van der Waals surface area contributed by atoms with Crippen LogP contribution in [-0.2, 0) is 4.79 Å². The standard InChI is InChI=1S/C25H22Cl2N4O2/c1-31(2)20-13-11-17(12-14-20)15-22(29-24(32)18-7-4-3-5-8-18)25(33)30-28-16-19-9-6-10-21(26)23(19)27/h3-16H,1-2H3,(H,29,32)(H,30,33)/b22-15-,28-16-. The van der Waals surface area contributed by atoms with Crippen molar-refractivity contribution < 1.29 is 9.59 Å². The molecule has 2 amide bonds. The lowest BCUT2D eigenvalue weighted by atomic mass is 10.1.